The SMILES string of the molecule is Cc1nc2c(n1C1CCCNC1=O)CCNC2. The van der Waals surface area contributed by atoms with Crippen molar-refractivity contribution in [2.24, 2.45) is 0 Å². The lowest BCUT2D eigenvalue weighted by molar-refractivity contribution is -0.125. The van der Waals surface area contributed by atoms with Crippen LogP contribution in [0.3, 0.4) is 0 Å². The maximum atomic E-state index is 12.0. The van der Waals surface area contributed by atoms with E-state index in [1.165, 1.54) is 5.69 Å². The molecule has 3 heterocycles. The number of imidazole rings is 1. The van der Waals surface area contributed by atoms with Gasteiger partial charge in [0.05, 0.1) is 5.69 Å². The lowest BCUT2D eigenvalue weighted by Gasteiger charge is -2.26. The smallest absolute Gasteiger partial charge is 0.243 e. The highest BCUT2D eigenvalue weighted by Crippen LogP contribution is 2.25. The Balaban J connectivity index is 2.01. The van der Waals surface area contributed by atoms with Gasteiger partial charge in [-0.25, -0.2) is 4.98 Å². The van der Waals surface area contributed by atoms with E-state index in [1.807, 2.05) is 6.92 Å². The fourth-order valence-electron chi connectivity index (χ4n) is 2.88. The van der Waals surface area contributed by atoms with Crippen LogP contribution in [0.4, 0.5) is 0 Å². The monoisotopic (exact) mass is 234 g/mol. The number of hydrogen-bond donors (Lipinski definition) is 2. The van der Waals surface area contributed by atoms with Gasteiger partial charge in [0.15, 0.2) is 0 Å². The van der Waals surface area contributed by atoms with Crippen molar-refractivity contribution in [3.05, 3.63) is 17.2 Å². The number of fused-ring (bicyclic) bond motifs is 1. The van der Waals surface area contributed by atoms with Crippen LogP contribution in [0.25, 0.3) is 0 Å². The third-order valence-corrected chi connectivity index (χ3v) is 3.67. The Hall–Kier alpha value is -1.36. The molecule has 0 radical (unpaired) electrons. The van der Waals surface area contributed by atoms with Gasteiger partial charge in [-0.3, -0.25) is 4.79 Å². The molecule has 0 bridgehead atoms. The largest absolute Gasteiger partial charge is 0.354 e. The fourth-order valence-corrected chi connectivity index (χ4v) is 2.88. The van der Waals surface area contributed by atoms with Crippen LogP contribution >= 0.6 is 0 Å². The van der Waals surface area contributed by atoms with Gasteiger partial charge >= 0.3 is 0 Å². The Morgan fingerprint density at radius 1 is 1.41 bits per heavy atom. The number of carbonyl (C=O) groups is 1. The molecule has 2 aliphatic rings. The van der Waals surface area contributed by atoms with Crippen LogP contribution in [0.1, 0.15) is 36.1 Å². The molecule has 1 amide bonds. The van der Waals surface area contributed by atoms with E-state index in [9.17, 15) is 4.79 Å². The zero-order chi connectivity index (χ0) is 11.8. The average molecular weight is 234 g/mol. The van der Waals surface area contributed by atoms with Gasteiger partial charge in [0.1, 0.15) is 11.9 Å². The lowest BCUT2D eigenvalue weighted by Crippen LogP contribution is -2.39. The van der Waals surface area contributed by atoms with Crippen LogP contribution in [0.2, 0.25) is 0 Å². The Bertz CT molecular complexity index is 452. The fraction of sp³-hybridized carbons (Fsp3) is 0.667. The molecule has 0 aromatic carbocycles. The molecule has 0 spiro atoms. The summed E-state index contributed by atoms with van der Waals surface area (Å²) < 4.78 is 2.16. The number of hydrogen-bond acceptors (Lipinski definition) is 3. The van der Waals surface area contributed by atoms with Gasteiger partial charge in [-0.15, -0.1) is 0 Å². The highest BCUT2D eigenvalue weighted by molar-refractivity contribution is 5.81. The Morgan fingerprint density at radius 2 is 2.29 bits per heavy atom. The van der Waals surface area contributed by atoms with E-state index in [-0.39, 0.29) is 11.9 Å². The zero-order valence-corrected chi connectivity index (χ0v) is 10.1. The standard InChI is InChI=1S/C12H18N4O/c1-8-15-9-7-13-6-4-10(9)16(8)11-3-2-5-14-12(11)17/h11,13H,2-7H2,1H3,(H,14,17). The van der Waals surface area contributed by atoms with Crippen molar-refractivity contribution in [2.75, 3.05) is 13.1 Å². The van der Waals surface area contributed by atoms with Crippen molar-refractivity contribution >= 4 is 5.91 Å². The van der Waals surface area contributed by atoms with Crippen molar-refractivity contribution in [1.29, 1.82) is 0 Å². The van der Waals surface area contributed by atoms with Crippen molar-refractivity contribution in [3.8, 4) is 0 Å². The molecule has 3 rings (SSSR count). The number of carbonyl (C=O) groups excluding carboxylic acids is 1. The van der Waals surface area contributed by atoms with E-state index < -0.39 is 0 Å². The van der Waals surface area contributed by atoms with E-state index in [0.29, 0.717) is 0 Å². The van der Waals surface area contributed by atoms with Gasteiger partial charge in [0.2, 0.25) is 5.91 Å². The summed E-state index contributed by atoms with van der Waals surface area (Å²) in [6.45, 7) is 4.62. The Labute approximate surface area is 101 Å². The van der Waals surface area contributed by atoms with Crippen LogP contribution in [0.5, 0.6) is 0 Å². The highest BCUT2D eigenvalue weighted by Gasteiger charge is 2.29. The molecule has 1 aromatic heterocycles. The van der Waals surface area contributed by atoms with Gasteiger partial charge in [0, 0.05) is 31.7 Å². The Morgan fingerprint density at radius 3 is 3.12 bits per heavy atom. The minimum absolute atomic E-state index is 0.0434. The predicted octanol–water partition coefficient (Wildman–Crippen LogP) is 0.288. The molecule has 92 valence electrons. The second-order valence-corrected chi connectivity index (χ2v) is 4.80. The first-order valence-corrected chi connectivity index (χ1v) is 6.32. The van der Waals surface area contributed by atoms with Crippen molar-refractivity contribution in [2.45, 2.75) is 38.8 Å². The van der Waals surface area contributed by atoms with Crippen molar-refractivity contribution in [1.82, 2.24) is 20.2 Å². The summed E-state index contributed by atoms with van der Waals surface area (Å²) in [4.78, 5) is 16.5. The first kappa shape index (κ1) is 10.8. The highest BCUT2D eigenvalue weighted by atomic mass is 16.2. The van der Waals surface area contributed by atoms with E-state index in [1.54, 1.807) is 0 Å². The Kier molecular flexibility index (Phi) is 2.63. The van der Waals surface area contributed by atoms with Gasteiger partial charge in [-0.2, -0.15) is 0 Å². The summed E-state index contributed by atoms with van der Waals surface area (Å²) in [6.07, 6.45) is 2.96. The maximum absolute atomic E-state index is 12.0. The summed E-state index contributed by atoms with van der Waals surface area (Å²) in [7, 11) is 0. The molecule has 0 saturated carbocycles. The van der Waals surface area contributed by atoms with Crippen LogP contribution in [0.15, 0.2) is 0 Å². The molecule has 1 fully saturated rings. The van der Waals surface area contributed by atoms with Crippen LogP contribution in [0, 0.1) is 6.92 Å². The van der Waals surface area contributed by atoms with Gasteiger partial charge in [0.25, 0.3) is 0 Å². The second-order valence-electron chi connectivity index (χ2n) is 4.80. The second kappa shape index (κ2) is 4.14. The van der Waals surface area contributed by atoms with Gasteiger partial charge < -0.3 is 15.2 Å². The number of aromatic nitrogens is 2. The third kappa shape index (κ3) is 1.74. The molecule has 5 heteroatoms. The molecule has 17 heavy (non-hydrogen) atoms. The summed E-state index contributed by atoms with van der Waals surface area (Å²) in [5.41, 5.74) is 2.37. The number of nitrogens with one attached hydrogen (secondary N) is 2. The molecular formula is C12H18N4O. The van der Waals surface area contributed by atoms with Gasteiger partial charge in [-0.05, 0) is 19.8 Å². The van der Waals surface area contributed by atoms with E-state index in [2.05, 4.69) is 20.2 Å². The number of aryl methyl sites for hydroxylation is 1. The lowest BCUT2D eigenvalue weighted by atomic mass is 10.0. The molecule has 1 aromatic rings. The van der Waals surface area contributed by atoms with E-state index in [0.717, 1.165) is 50.4 Å². The third-order valence-electron chi connectivity index (χ3n) is 3.67. The molecule has 2 aliphatic heterocycles. The average Bonchev–Trinajstić information content (AvgIpc) is 2.66. The summed E-state index contributed by atoms with van der Waals surface area (Å²) >= 11 is 0. The first-order chi connectivity index (χ1) is 8.27. The minimum Gasteiger partial charge on any atom is -0.354 e. The summed E-state index contributed by atoms with van der Waals surface area (Å²) in [6, 6.07) is -0.0434. The minimum atomic E-state index is -0.0434. The van der Waals surface area contributed by atoms with Gasteiger partial charge in [-0.1, -0.05) is 0 Å². The van der Waals surface area contributed by atoms with Crippen LogP contribution in [-0.4, -0.2) is 28.5 Å². The van der Waals surface area contributed by atoms with Crippen molar-refractivity contribution in [3.63, 3.8) is 0 Å². The topological polar surface area (TPSA) is 59.0 Å². The summed E-state index contributed by atoms with van der Waals surface area (Å²) in [5.74, 6) is 1.12. The normalized spacial score (nSPS) is 24.3. The molecule has 5 nitrogen and oxygen atoms in total. The molecule has 2 N–H and O–H groups in total. The molecular weight excluding hydrogens is 216 g/mol. The molecule has 1 saturated heterocycles. The number of piperidine rings is 1. The van der Waals surface area contributed by atoms with E-state index in [4.69, 9.17) is 0 Å². The van der Waals surface area contributed by atoms with Crippen LogP contribution < -0.4 is 10.6 Å². The molecule has 1 unspecified atom stereocenters. The molecule has 1 atom stereocenters. The quantitative estimate of drug-likeness (QED) is 0.734. The predicted molar refractivity (Wildman–Crippen MR) is 63.7 cm³/mol. The number of amides is 1. The number of nitrogens with zero attached hydrogens (tertiary/aromatic N) is 2. The van der Waals surface area contributed by atoms with Crippen LogP contribution in [-0.2, 0) is 17.8 Å². The summed E-state index contributed by atoms with van der Waals surface area (Å²) in [5, 5.41) is 6.27. The zero-order valence-electron chi connectivity index (χ0n) is 10.1. The number of rotatable bonds is 1. The maximum Gasteiger partial charge on any atom is 0.243 e. The van der Waals surface area contributed by atoms with Crippen molar-refractivity contribution < 1.29 is 4.79 Å². The van der Waals surface area contributed by atoms with E-state index >= 15 is 0 Å². The molecule has 0 aliphatic carbocycles. The first-order valence-electron chi connectivity index (χ1n) is 6.32.